The summed E-state index contributed by atoms with van der Waals surface area (Å²) in [5, 5.41) is 10.6. The Balaban J connectivity index is 2.87. The number of hydrogen-bond donors (Lipinski definition) is 2. The van der Waals surface area contributed by atoms with Crippen molar-refractivity contribution < 1.29 is 33.7 Å². The van der Waals surface area contributed by atoms with Gasteiger partial charge >= 0.3 is 12.1 Å². The fourth-order valence-corrected chi connectivity index (χ4v) is 2.05. The number of nitrogens with zero attached hydrogens (tertiary/aromatic N) is 2. The molecule has 1 aromatic carbocycles. The SMILES string of the molecule is CC(N)C(=O)N(C(=O)OC(C)(C)C)C(C)C(=O)NOC(=O)c1ccc([N+](=O)[O-])cc1. The van der Waals surface area contributed by atoms with Crippen molar-refractivity contribution >= 4 is 29.6 Å². The number of rotatable bonds is 5. The van der Waals surface area contributed by atoms with Gasteiger partial charge in [-0.15, -0.1) is 0 Å². The van der Waals surface area contributed by atoms with Crippen LogP contribution in [0.1, 0.15) is 45.0 Å². The fraction of sp³-hybridized carbons (Fsp3) is 0.444. The number of imide groups is 1. The van der Waals surface area contributed by atoms with Crippen LogP contribution >= 0.6 is 0 Å². The van der Waals surface area contributed by atoms with Crippen LogP contribution in [0, 0.1) is 10.1 Å². The van der Waals surface area contributed by atoms with Crippen LogP contribution in [0.15, 0.2) is 24.3 Å². The number of carbonyl (C=O) groups is 4. The summed E-state index contributed by atoms with van der Waals surface area (Å²) in [7, 11) is 0. The van der Waals surface area contributed by atoms with Crippen LogP contribution in [0.25, 0.3) is 0 Å². The molecule has 12 heteroatoms. The van der Waals surface area contributed by atoms with E-state index in [4.69, 9.17) is 10.5 Å². The van der Waals surface area contributed by atoms with E-state index in [-0.39, 0.29) is 11.3 Å². The summed E-state index contributed by atoms with van der Waals surface area (Å²) in [5.41, 5.74) is 6.16. The molecule has 12 nitrogen and oxygen atoms in total. The van der Waals surface area contributed by atoms with Crippen LogP contribution in [0.3, 0.4) is 0 Å². The minimum Gasteiger partial charge on any atom is -0.443 e. The first-order valence-electron chi connectivity index (χ1n) is 8.81. The zero-order valence-electron chi connectivity index (χ0n) is 17.2. The molecule has 1 rings (SSSR count). The monoisotopic (exact) mass is 424 g/mol. The lowest BCUT2D eigenvalue weighted by Gasteiger charge is -2.30. The average molecular weight is 424 g/mol. The van der Waals surface area contributed by atoms with E-state index in [1.807, 2.05) is 5.48 Å². The second-order valence-corrected chi connectivity index (χ2v) is 7.31. The molecule has 3 N–H and O–H groups in total. The van der Waals surface area contributed by atoms with E-state index in [1.165, 1.54) is 13.8 Å². The lowest BCUT2D eigenvalue weighted by Crippen LogP contribution is -2.56. The maximum atomic E-state index is 12.4. The molecule has 0 spiro atoms. The molecular formula is C18H24N4O8. The van der Waals surface area contributed by atoms with Crippen molar-refractivity contribution in [2.45, 2.75) is 52.3 Å². The Hall–Kier alpha value is -3.54. The summed E-state index contributed by atoms with van der Waals surface area (Å²) in [5.74, 6) is -2.87. The minimum atomic E-state index is -1.41. The standard InChI is InChI=1S/C18H24N4O8/c1-10(19)15(24)21(17(26)29-18(3,4)5)11(2)14(23)20-30-16(25)12-6-8-13(9-7-12)22(27)28/h6-11H,19H2,1-5H3,(H,20,23). The average Bonchev–Trinajstić information content (AvgIpc) is 2.64. The largest absolute Gasteiger partial charge is 0.443 e. The van der Waals surface area contributed by atoms with Gasteiger partial charge in [0, 0.05) is 12.1 Å². The zero-order chi connectivity index (χ0) is 23.2. The Morgan fingerprint density at radius 1 is 1.13 bits per heavy atom. The Kier molecular flexibility index (Phi) is 7.99. The molecule has 0 saturated heterocycles. The molecule has 0 saturated carbocycles. The number of hydroxylamine groups is 1. The van der Waals surface area contributed by atoms with E-state index in [0.717, 1.165) is 24.3 Å². The highest BCUT2D eigenvalue weighted by molar-refractivity contribution is 6.00. The summed E-state index contributed by atoms with van der Waals surface area (Å²) in [4.78, 5) is 64.2. The second-order valence-electron chi connectivity index (χ2n) is 7.31. The zero-order valence-corrected chi connectivity index (χ0v) is 17.2. The highest BCUT2D eigenvalue weighted by Crippen LogP contribution is 2.14. The Labute approximate surface area is 172 Å². The number of carbonyl (C=O) groups excluding carboxylic acids is 4. The quantitative estimate of drug-likeness (QED) is 0.521. The van der Waals surface area contributed by atoms with Crippen LogP contribution in [0.2, 0.25) is 0 Å². The third-order valence-electron chi connectivity index (χ3n) is 3.54. The molecule has 0 radical (unpaired) electrons. The van der Waals surface area contributed by atoms with Crippen LogP contribution in [0.4, 0.5) is 10.5 Å². The number of nitrogens with one attached hydrogen (secondary N) is 1. The van der Waals surface area contributed by atoms with Crippen molar-refractivity contribution in [1.82, 2.24) is 10.4 Å². The number of ether oxygens (including phenoxy) is 1. The van der Waals surface area contributed by atoms with E-state index < -0.39 is 46.5 Å². The Morgan fingerprint density at radius 2 is 1.67 bits per heavy atom. The summed E-state index contributed by atoms with van der Waals surface area (Å²) >= 11 is 0. The normalized spacial score (nSPS) is 12.9. The summed E-state index contributed by atoms with van der Waals surface area (Å²) in [6.07, 6.45) is -1.09. The lowest BCUT2D eigenvalue weighted by molar-refractivity contribution is -0.384. The molecule has 3 amide bonds. The van der Waals surface area contributed by atoms with E-state index in [0.29, 0.717) is 4.90 Å². The maximum Gasteiger partial charge on any atom is 0.417 e. The van der Waals surface area contributed by atoms with E-state index in [9.17, 15) is 29.3 Å². The van der Waals surface area contributed by atoms with Gasteiger partial charge in [-0.2, -0.15) is 5.48 Å². The first kappa shape index (κ1) is 24.5. The van der Waals surface area contributed by atoms with Crippen molar-refractivity contribution in [2.75, 3.05) is 0 Å². The third-order valence-corrected chi connectivity index (χ3v) is 3.54. The van der Waals surface area contributed by atoms with Gasteiger partial charge in [-0.25, -0.2) is 14.5 Å². The van der Waals surface area contributed by atoms with Crippen molar-refractivity contribution in [2.24, 2.45) is 5.73 Å². The molecule has 1 aromatic rings. The fourth-order valence-electron chi connectivity index (χ4n) is 2.05. The first-order chi connectivity index (χ1) is 13.7. The number of nitro groups is 1. The second kappa shape index (κ2) is 9.78. The number of benzene rings is 1. The molecule has 0 aliphatic rings. The van der Waals surface area contributed by atoms with Crippen LogP contribution in [-0.4, -0.2) is 51.4 Å². The smallest absolute Gasteiger partial charge is 0.417 e. The van der Waals surface area contributed by atoms with E-state index in [1.54, 1.807) is 20.8 Å². The lowest BCUT2D eigenvalue weighted by atomic mass is 10.2. The van der Waals surface area contributed by atoms with Gasteiger partial charge in [0.15, 0.2) is 0 Å². The topological polar surface area (TPSA) is 171 Å². The van der Waals surface area contributed by atoms with Crippen molar-refractivity contribution in [3.63, 3.8) is 0 Å². The number of amides is 3. The summed E-state index contributed by atoms with van der Waals surface area (Å²) in [6, 6.07) is 1.95. The van der Waals surface area contributed by atoms with Crippen molar-refractivity contribution in [1.29, 1.82) is 0 Å². The van der Waals surface area contributed by atoms with Crippen molar-refractivity contribution in [3.05, 3.63) is 39.9 Å². The number of non-ortho nitro benzene ring substituents is 1. The molecule has 0 aromatic heterocycles. The predicted molar refractivity (Wildman–Crippen MR) is 103 cm³/mol. The number of hydrogen-bond acceptors (Lipinski definition) is 9. The molecule has 0 aliphatic carbocycles. The number of nitro benzene ring substituents is 1. The molecule has 0 fully saturated rings. The maximum absolute atomic E-state index is 12.4. The molecular weight excluding hydrogens is 400 g/mol. The Morgan fingerprint density at radius 3 is 2.10 bits per heavy atom. The van der Waals surface area contributed by atoms with Gasteiger partial charge < -0.3 is 15.3 Å². The molecule has 164 valence electrons. The molecule has 0 aliphatic heterocycles. The van der Waals surface area contributed by atoms with Gasteiger partial charge in [0.25, 0.3) is 11.6 Å². The molecule has 2 atom stereocenters. The van der Waals surface area contributed by atoms with Gasteiger partial charge in [-0.05, 0) is 46.8 Å². The highest BCUT2D eigenvalue weighted by atomic mass is 16.7. The van der Waals surface area contributed by atoms with Crippen LogP contribution in [-0.2, 0) is 19.2 Å². The summed E-state index contributed by atoms with van der Waals surface area (Å²) < 4.78 is 5.14. The Bertz CT molecular complexity index is 830. The van der Waals surface area contributed by atoms with Gasteiger partial charge in [0.1, 0.15) is 11.6 Å². The van der Waals surface area contributed by atoms with Gasteiger partial charge in [0.2, 0.25) is 5.91 Å². The molecule has 30 heavy (non-hydrogen) atoms. The molecule has 0 bridgehead atoms. The molecule has 2 unspecified atom stereocenters. The summed E-state index contributed by atoms with van der Waals surface area (Å²) in [6.45, 7) is 7.29. The van der Waals surface area contributed by atoms with Gasteiger partial charge in [0.05, 0.1) is 16.5 Å². The minimum absolute atomic E-state index is 0.0655. The van der Waals surface area contributed by atoms with Crippen LogP contribution < -0.4 is 11.2 Å². The number of nitrogens with two attached hydrogens (primary N) is 1. The van der Waals surface area contributed by atoms with Crippen LogP contribution in [0.5, 0.6) is 0 Å². The van der Waals surface area contributed by atoms with Gasteiger partial charge in [-0.3, -0.25) is 19.7 Å². The van der Waals surface area contributed by atoms with Gasteiger partial charge in [-0.1, -0.05) is 0 Å². The third kappa shape index (κ3) is 6.81. The highest BCUT2D eigenvalue weighted by Gasteiger charge is 2.36. The van der Waals surface area contributed by atoms with E-state index >= 15 is 0 Å². The molecule has 0 heterocycles. The predicted octanol–water partition coefficient (Wildman–Crippen LogP) is 1.28. The van der Waals surface area contributed by atoms with E-state index in [2.05, 4.69) is 4.84 Å². The van der Waals surface area contributed by atoms with Crippen molar-refractivity contribution in [3.8, 4) is 0 Å². The first-order valence-corrected chi connectivity index (χ1v) is 8.81.